The number of benzene rings is 1. The lowest BCUT2D eigenvalue weighted by Gasteiger charge is -2.53. The molecule has 0 atom stereocenters. The number of hydrogen-bond acceptors (Lipinski definition) is 5. The van der Waals surface area contributed by atoms with E-state index in [1.165, 1.54) is 12.1 Å². The maximum absolute atomic E-state index is 11.2. The van der Waals surface area contributed by atoms with Crippen molar-refractivity contribution in [1.82, 2.24) is 0 Å². The Bertz CT molecular complexity index is 587. The van der Waals surface area contributed by atoms with Crippen molar-refractivity contribution in [1.29, 1.82) is 0 Å². The molecule has 2 aliphatic rings. The molecule has 0 unspecified atom stereocenters. The van der Waals surface area contributed by atoms with Gasteiger partial charge in [0.25, 0.3) is 5.69 Å². The number of anilines is 1. The van der Waals surface area contributed by atoms with Crippen LogP contribution in [0.2, 0.25) is 0 Å². The number of carboxylic acid groups (broad SMARTS) is 1. The van der Waals surface area contributed by atoms with Gasteiger partial charge in [-0.1, -0.05) is 0 Å². The van der Waals surface area contributed by atoms with Gasteiger partial charge in [0, 0.05) is 37.8 Å². The van der Waals surface area contributed by atoms with Gasteiger partial charge in [-0.3, -0.25) is 10.1 Å². The van der Waals surface area contributed by atoms with Gasteiger partial charge in [0.2, 0.25) is 0 Å². The summed E-state index contributed by atoms with van der Waals surface area (Å²) in [7, 11) is 0. The molecule has 0 aliphatic carbocycles. The van der Waals surface area contributed by atoms with Gasteiger partial charge in [-0.05, 0) is 25.0 Å². The molecule has 0 amide bonds. The molecule has 0 saturated carbocycles. The quantitative estimate of drug-likeness (QED) is 0.675. The summed E-state index contributed by atoms with van der Waals surface area (Å²) >= 11 is 0. The molecule has 2 fully saturated rings. The Labute approximate surface area is 121 Å². The first-order valence-electron chi connectivity index (χ1n) is 6.85. The summed E-state index contributed by atoms with van der Waals surface area (Å²) < 4.78 is 5.35. The number of carboxylic acids is 1. The Morgan fingerprint density at radius 3 is 2.57 bits per heavy atom. The van der Waals surface area contributed by atoms with Gasteiger partial charge in [0.1, 0.15) is 5.69 Å². The summed E-state index contributed by atoms with van der Waals surface area (Å²) in [5.74, 6) is -1.16. The molecule has 7 nitrogen and oxygen atoms in total. The van der Waals surface area contributed by atoms with Crippen molar-refractivity contribution in [3.63, 3.8) is 0 Å². The van der Waals surface area contributed by atoms with Crippen molar-refractivity contribution in [2.45, 2.75) is 12.8 Å². The summed E-state index contributed by atoms with van der Waals surface area (Å²) in [5, 5.41) is 20.1. The SMILES string of the molecule is O=C(O)c1ccc(N2CC3(CCOCC3)C2)c([N+](=O)[O-])c1. The number of nitro groups is 1. The Morgan fingerprint density at radius 1 is 1.33 bits per heavy atom. The van der Waals surface area contributed by atoms with Crippen LogP contribution in [0.15, 0.2) is 18.2 Å². The molecule has 112 valence electrons. The normalized spacial score (nSPS) is 20.1. The molecule has 21 heavy (non-hydrogen) atoms. The van der Waals surface area contributed by atoms with Crippen molar-refractivity contribution in [2.75, 3.05) is 31.2 Å². The van der Waals surface area contributed by atoms with Crippen LogP contribution in [0.25, 0.3) is 0 Å². The fraction of sp³-hybridized carbons (Fsp3) is 0.500. The molecule has 0 aromatic heterocycles. The van der Waals surface area contributed by atoms with Crippen LogP contribution in [0, 0.1) is 15.5 Å². The molecule has 3 rings (SSSR count). The van der Waals surface area contributed by atoms with Crippen molar-refractivity contribution in [2.24, 2.45) is 5.41 Å². The molecule has 1 spiro atoms. The zero-order chi connectivity index (χ0) is 15.0. The largest absolute Gasteiger partial charge is 0.478 e. The maximum Gasteiger partial charge on any atom is 0.335 e. The number of nitrogens with zero attached hydrogens (tertiary/aromatic N) is 2. The van der Waals surface area contributed by atoms with E-state index in [4.69, 9.17) is 9.84 Å². The highest BCUT2D eigenvalue weighted by molar-refractivity contribution is 5.90. The van der Waals surface area contributed by atoms with Crippen LogP contribution in [0.3, 0.4) is 0 Å². The van der Waals surface area contributed by atoms with E-state index < -0.39 is 10.9 Å². The number of ether oxygens (including phenoxy) is 1. The van der Waals surface area contributed by atoms with Crippen LogP contribution in [0.1, 0.15) is 23.2 Å². The molecule has 1 N–H and O–H groups in total. The average molecular weight is 292 g/mol. The molecule has 2 heterocycles. The third-order valence-corrected chi connectivity index (χ3v) is 4.37. The fourth-order valence-corrected chi connectivity index (χ4v) is 3.12. The predicted octanol–water partition coefficient (Wildman–Crippen LogP) is 1.91. The van der Waals surface area contributed by atoms with E-state index in [0.29, 0.717) is 5.69 Å². The van der Waals surface area contributed by atoms with Gasteiger partial charge in [0.15, 0.2) is 0 Å². The van der Waals surface area contributed by atoms with Crippen LogP contribution in [0.4, 0.5) is 11.4 Å². The van der Waals surface area contributed by atoms with Crippen LogP contribution in [-0.2, 0) is 4.74 Å². The number of hydrogen-bond donors (Lipinski definition) is 1. The number of carbonyl (C=O) groups is 1. The van der Waals surface area contributed by atoms with Gasteiger partial charge in [-0.15, -0.1) is 0 Å². The maximum atomic E-state index is 11.2. The molecule has 2 saturated heterocycles. The topological polar surface area (TPSA) is 92.9 Å². The minimum absolute atomic E-state index is 0.0632. The lowest BCUT2D eigenvalue weighted by Crippen LogP contribution is -2.58. The minimum atomic E-state index is -1.16. The minimum Gasteiger partial charge on any atom is -0.478 e. The summed E-state index contributed by atoms with van der Waals surface area (Å²) in [5.41, 5.74) is 0.503. The zero-order valence-electron chi connectivity index (χ0n) is 11.4. The van der Waals surface area contributed by atoms with Crippen molar-refractivity contribution in [3.05, 3.63) is 33.9 Å². The summed E-state index contributed by atoms with van der Waals surface area (Å²) in [6.45, 7) is 3.02. The van der Waals surface area contributed by atoms with E-state index in [2.05, 4.69) is 0 Å². The highest BCUT2D eigenvalue weighted by Gasteiger charge is 2.45. The second-order valence-corrected chi connectivity index (χ2v) is 5.73. The predicted molar refractivity (Wildman–Crippen MR) is 74.8 cm³/mol. The summed E-state index contributed by atoms with van der Waals surface area (Å²) in [6, 6.07) is 4.08. The van der Waals surface area contributed by atoms with E-state index in [0.717, 1.165) is 45.2 Å². The molecule has 1 aromatic rings. The van der Waals surface area contributed by atoms with Crippen LogP contribution < -0.4 is 4.90 Å². The standard InChI is InChI=1S/C14H16N2O5/c17-13(18)10-1-2-11(12(7-10)16(19)20)15-8-14(9-15)3-5-21-6-4-14/h1-2,7H,3-6,8-9H2,(H,17,18). The third kappa shape index (κ3) is 2.44. The van der Waals surface area contributed by atoms with Crippen LogP contribution in [0.5, 0.6) is 0 Å². The van der Waals surface area contributed by atoms with E-state index in [1.807, 2.05) is 4.90 Å². The Morgan fingerprint density at radius 2 is 2.00 bits per heavy atom. The van der Waals surface area contributed by atoms with Gasteiger partial charge < -0.3 is 14.7 Å². The number of nitro benzene ring substituents is 1. The molecule has 0 radical (unpaired) electrons. The molecule has 2 aliphatic heterocycles. The molecule has 7 heteroatoms. The Kier molecular flexibility index (Phi) is 3.29. The fourth-order valence-electron chi connectivity index (χ4n) is 3.12. The Hall–Kier alpha value is -2.15. The highest BCUT2D eigenvalue weighted by atomic mass is 16.6. The van der Waals surface area contributed by atoms with Gasteiger partial charge in [0.05, 0.1) is 10.5 Å². The number of aromatic carboxylic acids is 1. The highest BCUT2D eigenvalue weighted by Crippen LogP contribution is 2.44. The average Bonchev–Trinajstić information content (AvgIpc) is 2.44. The lowest BCUT2D eigenvalue weighted by atomic mass is 9.73. The third-order valence-electron chi connectivity index (χ3n) is 4.37. The Balaban J connectivity index is 1.83. The van der Waals surface area contributed by atoms with Crippen molar-refractivity contribution < 1.29 is 19.6 Å². The summed E-state index contributed by atoms with van der Waals surface area (Å²) in [6.07, 6.45) is 1.95. The number of rotatable bonds is 3. The van der Waals surface area contributed by atoms with Crippen molar-refractivity contribution in [3.8, 4) is 0 Å². The van der Waals surface area contributed by atoms with Gasteiger partial charge in [-0.2, -0.15) is 0 Å². The first-order valence-corrected chi connectivity index (χ1v) is 6.85. The second kappa shape index (κ2) is 5.00. The van der Waals surface area contributed by atoms with Gasteiger partial charge >= 0.3 is 5.97 Å². The van der Waals surface area contributed by atoms with Crippen LogP contribution in [-0.4, -0.2) is 42.3 Å². The lowest BCUT2D eigenvalue weighted by molar-refractivity contribution is -0.384. The van der Waals surface area contributed by atoms with E-state index >= 15 is 0 Å². The molecular formula is C14H16N2O5. The van der Waals surface area contributed by atoms with Gasteiger partial charge in [-0.25, -0.2) is 4.79 Å². The zero-order valence-corrected chi connectivity index (χ0v) is 11.4. The summed E-state index contributed by atoms with van der Waals surface area (Å²) in [4.78, 5) is 23.5. The smallest absolute Gasteiger partial charge is 0.335 e. The van der Waals surface area contributed by atoms with E-state index in [9.17, 15) is 14.9 Å². The van der Waals surface area contributed by atoms with E-state index in [1.54, 1.807) is 0 Å². The second-order valence-electron chi connectivity index (χ2n) is 5.73. The molecular weight excluding hydrogens is 276 g/mol. The molecule has 0 bridgehead atoms. The first kappa shape index (κ1) is 13.8. The molecule has 1 aromatic carbocycles. The van der Waals surface area contributed by atoms with E-state index in [-0.39, 0.29) is 16.7 Å². The first-order chi connectivity index (χ1) is 10.0. The van der Waals surface area contributed by atoms with Crippen molar-refractivity contribution >= 4 is 17.3 Å². The van der Waals surface area contributed by atoms with Crippen LogP contribution >= 0.6 is 0 Å². The monoisotopic (exact) mass is 292 g/mol.